The summed E-state index contributed by atoms with van der Waals surface area (Å²) in [6.07, 6.45) is 1.03. The molecule has 2 amide bonds. The highest BCUT2D eigenvalue weighted by molar-refractivity contribution is 9.11. The maximum Gasteiger partial charge on any atom is 0.228 e. The number of hydrogen-bond acceptors (Lipinski definition) is 2. The minimum atomic E-state index is 0.0666. The van der Waals surface area contributed by atoms with Gasteiger partial charge in [-0.25, -0.2) is 0 Å². The first kappa shape index (κ1) is 17.2. The normalized spacial score (nSPS) is 14.3. The van der Waals surface area contributed by atoms with Crippen molar-refractivity contribution in [1.29, 1.82) is 0 Å². The SMILES string of the molecule is Cc1c(Br)cc(Br)c2c1CC(=O)N2.Cc1cccc2c1CC(=O)N2. The van der Waals surface area contributed by atoms with Crippen LogP contribution >= 0.6 is 31.9 Å². The van der Waals surface area contributed by atoms with Crippen LogP contribution in [0.4, 0.5) is 11.4 Å². The third-order valence-corrected chi connectivity index (χ3v) is 5.68. The zero-order chi connectivity index (χ0) is 17.4. The van der Waals surface area contributed by atoms with Gasteiger partial charge in [-0.15, -0.1) is 0 Å². The van der Waals surface area contributed by atoms with Gasteiger partial charge in [0.05, 0.1) is 18.5 Å². The van der Waals surface area contributed by atoms with Crippen molar-refractivity contribution in [3.05, 3.63) is 55.5 Å². The second-order valence-corrected chi connectivity index (χ2v) is 7.58. The molecule has 124 valence electrons. The van der Waals surface area contributed by atoms with Gasteiger partial charge in [-0.2, -0.15) is 0 Å². The van der Waals surface area contributed by atoms with Crippen molar-refractivity contribution in [3.63, 3.8) is 0 Å². The number of aryl methyl sites for hydroxylation is 1. The average molecular weight is 452 g/mol. The Hall–Kier alpha value is -1.66. The van der Waals surface area contributed by atoms with Crippen molar-refractivity contribution >= 4 is 55.0 Å². The lowest BCUT2D eigenvalue weighted by atomic mass is 10.1. The first-order chi connectivity index (χ1) is 11.4. The summed E-state index contributed by atoms with van der Waals surface area (Å²) in [5, 5.41) is 5.63. The molecular weight excluding hydrogens is 436 g/mol. The Balaban J connectivity index is 0.000000143. The van der Waals surface area contributed by atoms with E-state index in [9.17, 15) is 9.59 Å². The minimum absolute atomic E-state index is 0.0666. The number of anilines is 2. The average Bonchev–Trinajstić information content (AvgIpc) is 3.09. The quantitative estimate of drug-likeness (QED) is 0.619. The molecule has 0 saturated carbocycles. The van der Waals surface area contributed by atoms with Gasteiger partial charge in [0.15, 0.2) is 0 Å². The first-order valence-corrected chi connectivity index (χ1v) is 9.11. The predicted octanol–water partition coefficient (Wildman–Crippen LogP) is 4.50. The zero-order valence-corrected chi connectivity index (χ0v) is 16.5. The van der Waals surface area contributed by atoms with Crippen LogP contribution in [0.5, 0.6) is 0 Å². The van der Waals surface area contributed by atoms with Crippen molar-refractivity contribution in [2.24, 2.45) is 0 Å². The number of carbonyl (C=O) groups is 2. The lowest BCUT2D eigenvalue weighted by molar-refractivity contribution is -0.115. The molecule has 2 aromatic rings. The van der Waals surface area contributed by atoms with Gasteiger partial charge >= 0.3 is 0 Å². The third-order valence-electron chi connectivity index (χ3n) is 4.23. The molecule has 0 bridgehead atoms. The van der Waals surface area contributed by atoms with Crippen LogP contribution in [0.2, 0.25) is 0 Å². The van der Waals surface area contributed by atoms with Crippen LogP contribution in [0.3, 0.4) is 0 Å². The largest absolute Gasteiger partial charge is 0.326 e. The van der Waals surface area contributed by atoms with E-state index in [0.29, 0.717) is 12.8 Å². The van der Waals surface area contributed by atoms with Crippen molar-refractivity contribution in [2.45, 2.75) is 26.7 Å². The van der Waals surface area contributed by atoms with Gasteiger partial charge < -0.3 is 10.6 Å². The molecule has 2 heterocycles. The van der Waals surface area contributed by atoms with Crippen molar-refractivity contribution in [1.82, 2.24) is 0 Å². The fourth-order valence-electron chi connectivity index (χ4n) is 2.88. The summed E-state index contributed by atoms with van der Waals surface area (Å²) >= 11 is 6.87. The molecule has 0 radical (unpaired) electrons. The number of hydrogen-bond donors (Lipinski definition) is 2. The van der Waals surface area contributed by atoms with Crippen LogP contribution in [0.25, 0.3) is 0 Å². The highest BCUT2D eigenvalue weighted by Gasteiger charge is 2.23. The maximum absolute atomic E-state index is 11.2. The van der Waals surface area contributed by atoms with E-state index in [1.165, 1.54) is 5.56 Å². The molecule has 6 heteroatoms. The van der Waals surface area contributed by atoms with Gasteiger partial charge in [-0.3, -0.25) is 9.59 Å². The van der Waals surface area contributed by atoms with Crippen LogP contribution in [-0.4, -0.2) is 11.8 Å². The van der Waals surface area contributed by atoms with E-state index in [-0.39, 0.29) is 11.8 Å². The highest BCUT2D eigenvalue weighted by Crippen LogP contribution is 2.37. The van der Waals surface area contributed by atoms with E-state index < -0.39 is 0 Å². The third kappa shape index (κ3) is 3.26. The Bertz CT molecular complexity index is 863. The lowest BCUT2D eigenvalue weighted by Crippen LogP contribution is -2.03. The van der Waals surface area contributed by atoms with Gasteiger partial charge in [-0.1, -0.05) is 28.1 Å². The van der Waals surface area contributed by atoms with Crippen LogP contribution < -0.4 is 10.6 Å². The van der Waals surface area contributed by atoms with E-state index >= 15 is 0 Å². The molecule has 2 aromatic carbocycles. The smallest absolute Gasteiger partial charge is 0.228 e. The number of rotatable bonds is 0. The van der Waals surface area contributed by atoms with E-state index in [0.717, 1.165) is 37.0 Å². The summed E-state index contributed by atoms with van der Waals surface area (Å²) in [5.74, 6) is 0.172. The number of carbonyl (C=O) groups excluding carboxylic acids is 2. The van der Waals surface area contributed by atoms with E-state index in [4.69, 9.17) is 0 Å². The van der Waals surface area contributed by atoms with Crippen molar-refractivity contribution in [2.75, 3.05) is 10.6 Å². The summed E-state index contributed by atoms with van der Waals surface area (Å²) in [7, 11) is 0. The van der Waals surface area contributed by atoms with E-state index in [2.05, 4.69) is 42.5 Å². The molecule has 4 rings (SSSR count). The van der Waals surface area contributed by atoms with Crippen LogP contribution in [-0.2, 0) is 22.4 Å². The molecule has 2 N–H and O–H groups in total. The molecule has 0 aliphatic carbocycles. The van der Waals surface area contributed by atoms with Crippen LogP contribution in [0.15, 0.2) is 33.2 Å². The molecule has 0 spiro atoms. The zero-order valence-electron chi connectivity index (χ0n) is 13.3. The Morgan fingerprint density at radius 1 is 0.917 bits per heavy atom. The van der Waals surface area contributed by atoms with E-state index in [1.54, 1.807) is 0 Å². The number of amides is 2. The Kier molecular flexibility index (Phi) is 4.78. The number of nitrogens with one attached hydrogen (secondary N) is 2. The van der Waals surface area contributed by atoms with Gasteiger partial charge in [0.25, 0.3) is 0 Å². The summed E-state index contributed by atoms with van der Waals surface area (Å²) in [5.41, 5.74) is 6.47. The summed E-state index contributed by atoms with van der Waals surface area (Å²) in [6, 6.07) is 7.88. The fourth-order valence-corrected chi connectivity index (χ4v) is 4.22. The number of fused-ring (bicyclic) bond motifs is 2. The summed E-state index contributed by atoms with van der Waals surface area (Å²) < 4.78 is 1.97. The maximum atomic E-state index is 11.2. The molecule has 2 aliphatic rings. The molecule has 0 atom stereocenters. The Labute approximate surface area is 157 Å². The second kappa shape index (κ2) is 6.69. The molecular formula is C18H16Br2N2O2. The molecule has 0 saturated heterocycles. The van der Waals surface area contributed by atoms with Gasteiger partial charge in [0.2, 0.25) is 11.8 Å². The standard InChI is InChI=1S/C9H7Br2NO.C9H9NO/c1-4-5-2-8(13)12-9(5)7(11)3-6(4)10;1-6-3-2-4-8-7(6)5-9(11)10-8/h3H,2H2,1H3,(H,12,13);2-4H,5H2,1H3,(H,10,11). The second-order valence-electron chi connectivity index (χ2n) is 5.87. The summed E-state index contributed by atoms with van der Waals surface area (Å²) in [4.78, 5) is 22.1. The lowest BCUT2D eigenvalue weighted by Gasteiger charge is -2.07. The van der Waals surface area contributed by atoms with Crippen LogP contribution in [0.1, 0.15) is 22.3 Å². The molecule has 4 nitrogen and oxygen atoms in total. The fraction of sp³-hybridized carbons (Fsp3) is 0.222. The minimum Gasteiger partial charge on any atom is -0.326 e. The van der Waals surface area contributed by atoms with Crippen molar-refractivity contribution < 1.29 is 9.59 Å². The highest BCUT2D eigenvalue weighted by atomic mass is 79.9. The van der Waals surface area contributed by atoms with Crippen LogP contribution in [0, 0.1) is 13.8 Å². The Morgan fingerprint density at radius 3 is 2.29 bits per heavy atom. The molecule has 0 fully saturated rings. The molecule has 2 aliphatic heterocycles. The van der Waals surface area contributed by atoms with Gasteiger partial charge in [0, 0.05) is 14.6 Å². The van der Waals surface area contributed by atoms with Crippen molar-refractivity contribution in [3.8, 4) is 0 Å². The van der Waals surface area contributed by atoms with Gasteiger partial charge in [-0.05, 0) is 64.2 Å². The predicted molar refractivity (Wildman–Crippen MR) is 102 cm³/mol. The molecule has 24 heavy (non-hydrogen) atoms. The molecule has 0 aromatic heterocycles. The number of halogens is 2. The monoisotopic (exact) mass is 450 g/mol. The first-order valence-electron chi connectivity index (χ1n) is 7.52. The molecule has 0 unspecified atom stereocenters. The number of benzene rings is 2. The Morgan fingerprint density at radius 2 is 1.58 bits per heavy atom. The topological polar surface area (TPSA) is 58.2 Å². The van der Waals surface area contributed by atoms with Gasteiger partial charge in [0.1, 0.15) is 0 Å². The van der Waals surface area contributed by atoms with E-state index in [1.807, 2.05) is 38.1 Å². The summed E-state index contributed by atoms with van der Waals surface area (Å²) in [6.45, 7) is 4.04.